The van der Waals surface area contributed by atoms with Crippen LogP contribution in [0.2, 0.25) is 0 Å². The molecule has 0 aromatic heterocycles. The highest BCUT2D eigenvalue weighted by molar-refractivity contribution is 5.56. The molecule has 0 bridgehead atoms. The van der Waals surface area contributed by atoms with Crippen molar-refractivity contribution in [2.45, 2.75) is 12.3 Å². The Kier molecular flexibility index (Phi) is 3.25. The third-order valence-electron chi connectivity index (χ3n) is 3.76. The first-order chi connectivity index (χ1) is 10.1. The van der Waals surface area contributed by atoms with Gasteiger partial charge in [0.1, 0.15) is 11.5 Å². The first-order valence-corrected chi connectivity index (χ1v) is 6.63. The van der Waals surface area contributed by atoms with Crippen LogP contribution >= 0.6 is 0 Å². The Hall–Kier alpha value is -2.56. The van der Waals surface area contributed by atoms with Crippen LogP contribution in [0.4, 0.5) is 0 Å². The molecule has 1 atom stereocenters. The third-order valence-corrected chi connectivity index (χ3v) is 3.76. The van der Waals surface area contributed by atoms with E-state index in [1.165, 1.54) is 7.11 Å². The van der Waals surface area contributed by atoms with Crippen molar-refractivity contribution in [3.63, 3.8) is 0 Å². The van der Waals surface area contributed by atoms with E-state index >= 15 is 0 Å². The zero-order chi connectivity index (χ0) is 15.0. The summed E-state index contributed by atoms with van der Waals surface area (Å²) in [5, 5.41) is 29.5. The fourth-order valence-electron chi connectivity index (χ4n) is 2.63. The first-order valence-electron chi connectivity index (χ1n) is 6.63. The smallest absolute Gasteiger partial charge is 0.200 e. The second kappa shape index (κ2) is 5.09. The van der Waals surface area contributed by atoms with Gasteiger partial charge in [-0.1, -0.05) is 12.1 Å². The van der Waals surface area contributed by atoms with E-state index in [1.807, 2.05) is 0 Å². The molecule has 5 heteroatoms. The summed E-state index contributed by atoms with van der Waals surface area (Å²) < 4.78 is 10.6. The van der Waals surface area contributed by atoms with Gasteiger partial charge >= 0.3 is 0 Å². The molecule has 0 radical (unpaired) electrons. The van der Waals surface area contributed by atoms with E-state index in [0.29, 0.717) is 24.3 Å². The van der Waals surface area contributed by atoms with Gasteiger partial charge in [-0.2, -0.15) is 0 Å². The highest BCUT2D eigenvalue weighted by Gasteiger charge is 2.26. The maximum atomic E-state index is 10.1. The molecule has 0 amide bonds. The van der Waals surface area contributed by atoms with Crippen LogP contribution in [0.1, 0.15) is 17.0 Å². The monoisotopic (exact) mass is 288 g/mol. The Bertz CT molecular complexity index is 681. The summed E-state index contributed by atoms with van der Waals surface area (Å²) >= 11 is 0. The van der Waals surface area contributed by atoms with Gasteiger partial charge in [0.05, 0.1) is 13.7 Å². The van der Waals surface area contributed by atoms with Crippen LogP contribution in [0.5, 0.6) is 28.7 Å². The van der Waals surface area contributed by atoms with E-state index in [9.17, 15) is 15.3 Å². The van der Waals surface area contributed by atoms with E-state index < -0.39 is 0 Å². The lowest BCUT2D eigenvalue weighted by atomic mass is 9.89. The van der Waals surface area contributed by atoms with Crippen molar-refractivity contribution < 1.29 is 24.8 Å². The molecule has 1 heterocycles. The van der Waals surface area contributed by atoms with E-state index in [1.54, 1.807) is 30.3 Å². The van der Waals surface area contributed by atoms with Crippen LogP contribution in [-0.4, -0.2) is 29.0 Å². The van der Waals surface area contributed by atoms with Gasteiger partial charge in [-0.15, -0.1) is 0 Å². The van der Waals surface area contributed by atoms with Gasteiger partial charge in [-0.25, -0.2) is 0 Å². The number of aromatic hydroxyl groups is 3. The van der Waals surface area contributed by atoms with Gasteiger partial charge in [0.15, 0.2) is 11.5 Å². The summed E-state index contributed by atoms with van der Waals surface area (Å²) in [7, 11) is 1.43. The summed E-state index contributed by atoms with van der Waals surface area (Å²) in [6.07, 6.45) is 0.662. The first kappa shape index (κ1) is 13.4. The lowest BCUT2D eigenvalue weighted by molar-refractivity contribution is 0.257. The van der Waals surface area contributed by atoms with Crippen LogP contribution in [-0.2, 0) is 6.42 Å². The van der Waals surface area contributed by atoms with Crippen molar-refractivity contribution in [1.29, 1.82) is 0 Å². The quantitative estimate of drug-likeness (QED) is 0.740. The number of phenolic OH excluding ortho intramolecular Hbond substituents is 3. The van der Waals surface area contributed by atoms with E-state index in [4.69, 9.17) is 9.47 Å². The number of rotatable bonds is 2. The molecule has 0 saturated heterocycles. The van der Waals surface area contributed by atoms with Gasteiger partial charge in [0.2, 0.25) is 5.75 Å². The van der Waals surface area contributed by atoms with Crippen LogP contribution in [0.15, 0.2) is 30.3 Å². The number of hydrogen-bond acceptors (Lipinski definition) is 5. The fraction of sp³-hybridized carbons (Fsp3) is 0.250. The molecule has 1 aliphatic rings. The molecule has 3 N–H and O–H groups in total. The standard InChI is InChI=1S/C16H16O5/c1-20-13-5-4-12(15(18)16(13)19)10-6-9-2-3-11(17)7-14(9)21-8-10/h2-5,7,10,17-19H,6,8H2,1H3. The van der Waals surface area contributed by atoms with Crippen molar-refractivity contribution in [2.24, 2.45) is 0 Å². The molecule has 0 spiro atoms. The number of methoxy groups -OCH3 is 1. The minimum Gasteiger partial charge on any atom is -0.508 e. The zero-order valence-corrected chi connectivity index (χ0v) is 11.5. The molecule has 21 heavy (non-hydrogen) atoms. The number of hydrogen-bond donors (Lipinski definition) is 3. The van der Waals surface area contributed by atoms with Crippen LogP contribution in [0.3, 0.4) is 0 Å². The van der Waals surface area contributed by atoms with Crippen molar-refractivity contribution >= 4 is 0 Å². The molecule has 0 saturated carbocycles. The SMILES string of the molecule is COc1ccc(C2COc3cc(O)ccc3C2)c(O)c1O. The molecule has 3 rings (SSSR count). The van der Waals surface area contributed by atoms with Crippen molar-refractivity contribution in [3.8, 4) is 28.7 Å². The fourth-order valence-corrected chi connectivity index (χ4v) is 2.63. The largest absolute Gasteiger partial charge is 0.508 e. The Morgan fingerprint density at radius 1 is 1.10 bits per heavy atom. The average molecular weight is 288 g/mol. The summed E-state index contributed by atoms with van der Waals surface area (Å²) in [4.78, 5) is 0. The third kappa shape index (κ3) is 2.31. The van der Waals surface area contributed by atoms with Crippen molar-refractivity contribution in [2.75, 3.05) is 13.7 Å². The maximum absolute atomic E-state index is 10.1. The molecule has 2 aromatic carbocycles. The van der Waals surface area contributed by atoms with Crippen molar-refractivity contribution in [1.82, 2.24) is 0 Å². The molecule has 0 fully saturated rings. The number of benzene rings is 2. The van der Waals surface area contributed by atoms with Gasteiger partial charge in [0, 0.05) is 17.5 Å². The normalized spacial score (nSPS) is 16.9. The Balaban J connectivity index is 1.93. The summed E-state index contributed by atoms with van der Waals surface area (Å²) in [5.41, 5.74) is 1.57. The van der Waals surface area contributed by atoms with Crippen molar-refractivity contribution in [3.05, 3.63) is 41.5 Å². The molecule has 2 aromatic rings. The second-order valence-electron chi connectivity index (χ2n) is 5.06. The average Bonchev–Trinajstić information content (AvgIpc) is 2.49. The second-order valence-corrected chi connectivity index (χ2v) is 5.06. The molecular formula is C16H16O5. The molecular weight excluding hydrogens is 272 g/mol. The topological polar surface area (TPSA) is 79.2 Å². The van der Waals surface area contributed by atoms with E-state index in [2.05, 4.69) is 0 Å². The van der Waals surface area contributed by atoms with Gasteiger partial charge < -0.3 is 24.8 Å². The predicted molar refractivity (Wildman–Crippen MR) is 76.4 cm³/mol. The van der Waals surface area contributed by atoms with Gasteiger partial charge in [-0.3, -0.25) is 0 Å². The zero-order valence-electron chi connectivity index (χ0n) is 11.5. The predicted octanol–water partition coefficient (Wildman–Crippen LogP) is 2.53. The van der Waals surface area contributed by atoms with Crippen LogP contribution < -0.4 is 9.47 Å². The molecule has 0 aliphatic carbocycles. The number of phenols is 3. The highest BCUT2D eigenvalue weighted by atomic mass is 16.5. The number of ether oxygens (including phenoxy) is 2. The van der Waals surface area contributed by atoms with Crippen LogP contribution in [0, 0.1) is 0 Å². The maximum Gasteiger partial charge on any atom is 0.200 e. The Morgan fingerprint density at radius 2 is 1.90 bits per heavy atom. The van der Waals surface area contributed by atoms with E-state index in [0.717, 1.165) is 5.56 Å². The van der Waals surface area contributed by atoms with E-state index in [-0.39, 0.29) is 28.9 Å². The van der Waals surface area contributed by atoms with Crippen LogP contribution in [0.25, 0.3) is 0 Å². The molecule has 110 valence electrons. The minimum atomic E-state index is -0.258. The Morgan fingerprint density at radius 3 is 2.67 bits per heavy atom. The summed E-state index contributed by atoms with van der Waals surface area (Å²) in [5.74, 6) is 0.550. The van der Waals surface area contributed by atoms with Gasteiger partial charge in [0.25, 0.3) is 0 Å². The number of fused-ring (bicyclic) bond motifs is 1. The lowest BCUT2D eigenvalue weighted by Gasteiger charge is -2.26. The minimum absolute atomic E-state index is 0.0705. The highest BCUT2D eigenvalue weighted by Crippen LogP contribution is 2.43. The molecule has 1 aliphatic heterocycles. The lowest BCUT2D eigenvalue weighted by Crippen LogP contribution is -2.19. The summed E-state index contributed by atoms with van der Waals surface area (Å²) in [6.45, 7) is 0.371. The summed E-state index contributed by atoms with van der Waals surface area (Å²) in [6, 6.07) is 8.34. The molecule has 5 nitrogen and oxygen atoms in total. The van der Waals surface area contributed by atoms with Gasteiger partial charge in [-0.05, 0) is 24.1 Å². The Labute approximate surface area is 122 Å². The molecule has 1 unspecified atom stereocenters.